The number of ketones is 1. The Hall–Kier alpha value is -1.90. The fourth-order valence-corrected chi connectivity index (χ4v) is 4.73. The number of cyclic esters (lactones) is 1. The highest BCUT2D eigenvalue weighted by atomic mass is 32.1. The summed E-state index contributed by atoms with van der Waals surface area (Å²) in [5, 5.41) is 24.2. The molecule has 34 heavy (non-hydrogen) atoms. The first-order valence-electron chi connectivity index (χ1n) is 11.8. The molecule has 1 aromatic rings. The summed E-state index contributed by atoms with van der Waals surface area (Å²) in [6.07, 6.45) is 1.33. The van der Waals surface area contributed by atoms with Gasteiger partial charge in [0.05, 0.1) is 34.7 Å². The number of allylic oxidation sites excluding steroid dienone is 1. The zero-order chi connectivity index (χ0) is 25.6. The maximum absolute atomic E-state index is 14.5. The minimum Gasteiger partial charge on any atom is -0.457 e. The second kappa shape index (κ2) is 12.2. The van der Waals surface area contributed by atoms with E-state index in [0.717, 1.165) is 16.3 Å². The number of carbonyl (C=O) groups excluding carboxylic acids is 2. The molecule has 1 unspecified atom stereocenters. The van der Waals surface area contributed by atoms with Crippen LogP contribution in [-0.2, 0) is 14.3 Å². The van der Waals surface area contributed by atoms with Crippen LogP contribution in [0.5, 0.6) is 0 Å². The maximum atomic E-state index is 14.5. The number of rotatable bonds is 2. The zero-order valence-corrected chi connectivity index (χ0v) is 21.8. The molecule has 8 heteroatoms. The van der Waals surface area contributed by atoms with Crippen molar-refractivity contribution < 1.29 is 28.9 Å². The van der Waals surface area contributed by atoms with Crippen LogP contribution in [0.15, 0.2) is 23.1 Å². The molecule has 1 aromatic heterocycles. The number of nitrogens with zero attached hydrogens (tertiary/aromatic N) is 1. The molecule has 0 saturated carbocycles. The predicted molar refractivity (Wildman–Crippen MR) is 132 cm³/mol. The van der Waals surface area contributed by atoms with E-state index in [1.807, 2.05) is 25.3 Å². The lowest BCUT2D eigenvalue weighted by molar-refractivity contribution is -0.154. The molecule has 2 N–H and O–H groups in total. The topological polar surface area (TPSA) is 96.7 Å². The highest BCUT2D eigenvalue weighted by molar-refractivity contribution is 7.09. The highest BCUT2D eigenvalue weighted by Gasteiger charge is 2.42. The summed E-state index contributed by atoms with van der Waals surface area (Å²) >= 11 is 1.51. The van der Waals surface area contributed by atoms with Crippen molar-refractivity contribution in [3.05, 3.63) is 33.8 Å². The fraction of sp³-hybridized carbons (Fsp3) is 0.654. The molecule has 1 aliphatic rings. The number of esters is 1. The van der Waals surface area contributed by atoms with Gasteiger partial charge >= 0.3 is 5.97 Å². The van der Waals surface area contributed by atoms with Crippen molar-refractivity contribution in [3.8, 4) is 0 Å². The van der Waals surface area contributed by atoms with Crippen LogP contribution in [0.3, 0.4) is 0 Å². The van der Waals surface area contributed by atoms with Gasteiger partial charge in [0.2, 0.25) is 0 Å². The van der Waals surface area contributed by atoms with Gasteiger partial charge in [-0.15, -0.1) is 11.3 Å². The number of hydrogen-bond donors (Lipinski definition) is 2. The molecular weight excluding hydrogens is 457 g/mol. The first kappa shape index (κ1) is 28.3. The van der Waals surface area contributed by atoms with E-state index in [1.165, 1.54) is 17.4 Å². The average Bonchev–Trinajstić information content (AvgIpc) is 3.18. The summed E-state index contributed by atoms with van der Waals surface area (Å²) < 4.78 is 20.2. The van der Waals surface area contributed by atoms with E-state index in [0.29, 0.717) is 6.42 Å². The monoisotopic (exact) mass is 495 g/mol. The number of alkyl halides is 1. The first-order valence-corrected chi connectivity index (χ1v) is 12.7. The van der Waals surface area contributed by atoms with Crippen molar-refractivity contribution in [2.75, 3.05) is 0 Å². The number of thiazole rings is 1. The number of ether oxygens (including phenoxy) is 1. The van der Waals surface area contributed by atoms with Crippen molar-refractivity contribution >= 4 is 29.2 Å². The van der Waals surface area contributed by atoms with Gasteiger partial charge < -0.3 is 14.9 Å². The van der Waals surface area contributed by atoms with Crippen LogP contribution in [0.1, 0.15) is 71.0 Å². The molecule has 6 nitrogen and oxygen atoms in total. The van der Waals surface area contributed by atoms with Crippen molar-refractivity contribution in [1.29, 1.82) is 0 Å². The molecule has 0 bridgehead atoms. The first-order chi connectivity index (χ1) is 15.8. The molecule has 0 fully saturated rings. The van der Waals surface area contributed by atoms with Gasteiger partial charge in [-0.25, -0.2) is 9.37 Å². The van der Waals surface area contributed by atoms with Gasteiger partial charge in [0.25, 0.3) is 0 Å². The Balaban J connectivity index is 2.32. The van der Waals surface area contributed by atoms with Gasteiger partial charge in [-0.2, -0.15) is 0 Å². The van der Waals surface area contributed by atoms with E-state index in [-0.39, 0.29) is 31.0 Å². The Morgan fingerprint density at radius 2 is 1.94 bits per heavy atom. The van der Waals surface area contributed by atoms with E-state index in [9.17, 15) is 24.2 Å². The minimum absolute atomic E-state index is 0.207. The maximum Gasteiger partial charge on any atom is 0.309 e. The van der Waals surface area contributed by atoms with Crippen LogP contribution in [0.4, 0.5) is 4.39 Å². The summed E-state index contributed by atoms with van der Waals surface area (Å²) in [6, 6.07) is 0. The predicted octanol–water partition coefficient (Wildman–Crippen LogP) is 4.82. The van der Waals surface area contributed by atoms with Gasteiger partial charge in [-0.05, 0) is 44.3 Å². The molecule has 2 rings (SSSR count). The molecule has 0 aliphatic carbocycles. The molecule has 6 atom stereocenters. The Morgan fingerprint density at radius 3 is 2.56 bits per heavy atom. The highest BCUT2D eigenvalue weighted by Crippen LogP contribution is 2.32. The lowest BCUT2D eigenvalue weighted by Crippen LogP contribution is -2.45. The lowest BCUT2D eigenvalue weighted by Gasteiger charge is -2.34. The van der Waals surface area contributed by atoms with Crippen LogP contribution in [-0.4, -0.2) is 51.4 Å². The number of aryl methyl sites for hydroxylation is 1. The number of halogens is 1. The van der Waals surface area contributed by atoms with Gasteiger partial charge in [0, 0.05) is 17.7 Å². The number of hydrogen-bond acceptors (Lipinski definition) is 7. The Bertz CT molecular complexity index is 909. The fourth-order valence-electron chi connectivity index (χ4n) is 4.16. The second-order valence-corrected chi connectivity index (χ2v) is 11.0. The van der Waals surface area contributed by atoms with Gasteiger partial charge in [0.1, 0.15) is 18.1 Å². The summed E-state index contributed by atoms with van der Waals surface area (Å²) in [5.41, 5.74) is 0.232. The lowest BCUT2D eigenvalue weighted by atomic mass is 9.73. The van der Waals surface area contributed by atoms with Crippen molar-refractivity contribution in [2.45, 2.75) is 91.7 Å². The van der Waals surface area contributed by atoms with Gasteiger partial charge in [-0.3, -0.25) is 9.59 Å². The van der Waals surface area contributed by atoms with E-state index in [1.54, 1.807) is 33.8 Å². The van der Waals surface area contributed by atoms with Crippen LogP contribution >= 0.6 is 11.3 Å². The standard InChI is InChI=1S/C26H38FNO5S/c1-15-10-11-19(27)8-7-9-21(16(2)12-20-14-34-18(4)28-20)33-23(30)13-22(29)26(5,6)25(32)17(3)24(15)31/h7-8,12,14-15,17,19,21-22,24,29,31H,9-11,13H2,1-6H3/b8-7-,16-12+/t15-,17-,19?,21-,22+,24-/m1/s1. The molecule has 0 amide bonds. The summed E-state index contributed by atoms with van der Waals surface area (Å²) in [5.74, 6) is -2.06. The second-order valence-electron chi connectivity index (χ2n) is 9.98. The smallest absolute Gasteiger partial charge is 0.309 e. The normalized spacial score (nSPS) is 33.4. The van der Waals surface area contributed by atoms with E-state index in [2.05, 4.69) is 4.98 Å². The summed E-state index contributed by atoms with van der Waals surface area (Å²) in [4.78, 5) is 30.2. The van der Waals surface area contributed by atoms with Gasteiger partial charge in [-0.1, -0.05) is 39.8 Å². The molecule has 0 spiro atoms. The summed E-state index contributed by atoms with van der Waals surface area (Å²) in [6.45, 7) is 10.3. The third kappa shape index (κ3) is 7.55. The van der Waals surface area contributed by atoms with Crippen molar-refractivity contribution in [3.63, 3.8) is 0 Å². The minimum atomic E-state index is -1.28. The molecule has 0 aromatic carbocycles. The van der Waals surface area contributed by atoms with E-state index in [4.69, 9.17) is 4.74 Å². The number of aromatic nitrogens is 1. The van der Waals surface area contributed by atoms with Crippen molar-refractivity contribution in [1.82, 2.24) is 4.98 Å². The molecule has 1 aliphatic heterocycles. The molecule has 190 valence electrons. The van der Waals surface area contributed by atoms with Crippen LogP contribution < -0.4 is 0 Å². The van der Waals surface area contributed by atoms with Crippen LogP contribution in [0.2, 0.25) is 0 Å². The van der Waals surface area contributed by atoms with E-state index < -0.39 is 41.8 Å². The van der Waals surface area contributed by atoms with Crippen LogP contribution in [0, 0.1) is 24.2 Å². The molecule has 2 heterocycles. The van der Waals surface area contributed by atoms with Gasteiger partial charge in [0.15, 0.2) is 0 Å². The Morgan fingerprint density at radius 1 is 1.26 bits per heavy atom. The zero-order valence-electron chi connectivity index (χ0n) is 21.0. The van der Waals surface area contributed by atoms with Crippen molar-refractivity contribution in [2.24, 2.45) is 17.3 Å². The quantitative estimate of drug-likeness (QED) is 0.451. The Kier molecular flexibility index (Phi) is 10.2. The number of aliphatic hydroxyl groups is 2. The molecule has 0 radical (unpaired) electrons. The SMILES string of the molecule is C/C(=C\c1csc(C)n1)[C@H]1C/C=C\C(F)CC[C@@H](C)[C@@H](O)[C@@H](C)C(=O)C(C)(C)[C@@H](O)CC(=O)O1. The third-order valence-corrected chi connectivity index (χ3v) is 7.52. The Labute approximate surface area is 205 Å². The number of carbonyl (C=O) groups is 2. The molecule has 0 saturated heterocycles. The number of Topliss-reactive ketones (excluding diaryl/α,β-unsaturated/α-hetero) is 1. The van der Waals surface area contributed by atoms with E-state index >= 15 is 0 Å². The third-order valence-electron chi connectivity index (χ3n) is 6.72. The largest absolute Gasteiger partial charge is 0.457 e. The molecular formula is C26H38FNO5S. The van der Waals surface area contributed by atoms with Crippen LogP contribution in [0.25, 0.3) is 6.08 Å². The summed E-state index contributed by atoms with van der Waals surface area (Å²) in [7, 11) is 0. The average molecular weight is 496 g/mol. The number of aliphatic hydroxyl groups excluding tert-OH is 2.